The highest BCUT2D eigenvalue weighted by molar-refractivity contribution is 6.04. The smallest absolute Gasteiger partial charge is 0.422 e. The van der Waals surface area contributed by atoms with Gasteiger partial charge in [-0.25, -0.2) is 4.98 Å². The van der Waals surface area contributed by atoms with Crippen LogP contribution in [0.2, 0.25) is 0 Å². The van der Waals surface area contributed by atoms with Crippen molar-refractivity contribution < 1.29 is 36.9 Å². The number of halogens is 3. The molecule has 0 spiro atoms. The van der Waals surface area contributed by atoms with Gasteiger partial charge in [0.2, 0.25) is 0 Å². The zero-order chi connectivity index (χ0) is 27.3. The molecule has 0 saturated carbocycles. The minimum atomic E-state index is -4.56. The Balaban J connectivity index is 1.50. The molecule has 13 heteroatoms. The van der Waals surface area contributed by atoms with Gasteiger partial charge in [0, 0.05) is 24.2 Å². The number of fused-ring (bicyclic) bond motifs is 1. The zero-order valence-electron chi connectivity index (χ0n) is 20.7. The molecule has 0 bridgehead atoms. The second-order valence-corrected chi connectivity index (χ2v) is 7.98. The first-order valence-corrected chi connectivity index (χ1v) is 11.4. The van der Waals surface area contributed by atoms with Gasteiger partial charge in [-0.2, -0.15) is 18.3 Å². The molecular weight excluding hydrogens is 507 g/mol. The molecule has 200 valence electrons. The summed E-state index contributed by atoms with van der Waals surface area (Å²) in [4.78, 5) is 21.3. The van der Waals surface area contributed by atoms with E-state index in [0.29, 0.717) is 46.9 Å². The van der Waals surface area contributed by atoms with E-state index < -0.39 is 18.7 Å². The predicted octanol–water partition coefficient (Wildman–Crippen LogP) is 5.24. The summed E-state index contributed by atoms with van der Waals surface area (Å²) in [6.45, 7) is 0.730. The number of anilines is 1. The fourth-order valence-electron chi connectivity index (χ4n) is 3.52. The maximum atomic E-state index is 12.8. The average Bonchev–Trinajstić information content (AvgIpc) is 3.31. The van der Waals surface area contributed by atoms with E-state index >= 15 is 0 Å². The van der Waals surface area contributed by atoms with E-state index in [1.54, 1.807) is 30.5 Å². The third-order valence-electron chi connectivity index (χ3n) is 5.20. The van der Waals surface area contributed by atoms with Crippen LogP contribution in [-0.4, -0.2) is 52.7 Å². The molecule has 0 aliphatic heterocycles. The average molecular weight is 531 g/mol. The molecule has 3 heterocycles. The first-order chi connectivity index (χ1) is 18.2. The maximum Gasteiger partial charge on any atom is 0.422 e. The molecular formula is C25H24F3N5O5. The van der Waals surface area contributed by atoms with E-state index in [2.05, 4.69) is 20.4 Å². The van der Waals surface area contributed by atoms with Gasteiger partial charge in [0.25, 0.3) is 5.91 Å². The highest BCUT2D eigenvalue weighted by Gasteiger charge is 2.30. The van der Waals surface area contributed by atoms with E-state index in [-0.39, 0.29) is 17.3 Å². The van der Waals surface area contributed by atoms with Gasteiger partial charge in [-0.1, -0.05) is 6.92 Å². The normalized spacial score (nSPS) is 11.3. The second kappa shape index (κ2) is 11.2. The fourth-order valence-corrected chi connectivity index (χ4v) is 3.52. The van der Waals surface area contributed by atoms with Crippen molar-refractivity contribution in [2.24, 2.45) is 0 Å². The summed E-state index contributed by atoms with van der Waals surface area (Å²) in [5.41, 5.74) is 0.348. The molecule has 4 rings (SSSR count). The van der Waals surface area contributed by atoms with Gasteiger partial charge in [0.1, 0.15) is 17.3 Å². The number of aryl methyl sites for hydroxylation is 1. The summed E-state index contributed by atoms with van der Waals surface area (Å²) in [7, 11) is 3.06. The van der Waals surface area contributed by atoms with Crippen molar-refractivity contribution in [3.05, 3.63) is 54.6 Å². The van der Waals surface area contributed by atoms with Crippen LogP contribution in [0, 0.1) is 0 Å². The van der Waals surface area contributed by atoms with Crippen LogP contribution in [0.3, 0.4) is 0 Å². The van der Waals surface area contributed by atoms with E-state index in [0.717, 1.165) is 0 Å². The van der Waals surface area contributed by atoms with Crippen LogP contribution in [0.1, 0.15) is 23.8 Å². The third-order valence-corrected chi connectivity index (χ3v) is 5.20. The van der Waals surface area contributed by atoms with E-state index in [9.17, 15) is 18.0 Å². The van der Waals surface area contributed by atoms with Crippen molar-refractivity contribution >= 4 is 22.6 Å². The molecule has 1 amide bonds. The second-order valence-electron chi connectivity index (χ2n) is 7.98. The minimum absolute atomic E-state index is 0.139. The van der Waals surface area contributed by atoms with E-state index in [1.165, 1.54) is 37.4 Å². The van der Waals surface area contributed by atoms with E-state index in [1.807, 2.05) is 6.92 Å². The molecule has 0 aliphatic carbocycles. The lowest BCUT2D eigenvalue weighted by atomic mass is 10.2. The number of carbonyl (C=O) groups excluding carboxylic acids is 1. The number of methoxy groups -OCH3 is 2. The monoisotopic (exact) mass is 531 g/mol. The molecule has 4 aromatic rings. The number of amides is 1. The van der Waals surface area contributed by atoms with Crippen molar-refractivity contribution in [3.8, 4) is 28.7 Å². The van der Waals surface area contributed by atoms with Crippen molar-refractivity contribution in [2.45, 2.75) is 26.1 Å². The molecule has 3 aromatic heterocycles. The number of hydrogen-bond donors (Lipinski definition) is 1. The fraction of sp³-hybridized carbons (Fsp3) is 0.280. The topological polar surface area (TPSA) is 110 Å². The highest BCUT2D eigenvalue weighted by Crippen LogP contribution is 2.36. The number of hydrogen-bond acceptors (Lipinski definition) is 8. The molecule has 38 heavy (non-hydrogen) atoms. The van der Waals surface area contributed by atoms with Gasteiger partial charge in [-0.15, -0.1) is 0 Å². The first kappa shape index (κ1) is 26.5. The minimum Gasteiger partial charge on any atom is -0.493 e. The molecule has 10 nitrogen and oxygen atoms in total. The molecule has 0 aliphatic rings. The summed E-state index contributed by atoms with van der Waals surface area (Å²) >= 11 is 0. The maximum absolute atomic E-state index is 12.8. The van der Waals surface area contributed by atoms with Crippen LogP contribution >= 0.6 is 0 Å². The Kier molecular flexibility index (Phi) is 7.84. The van der Waals surface area contributed by atoms with Crippen LogP contribution in [0.15, 0.2) is 48.9 Å². The molecule has 0 saturated heterocycles. The summed E-state index contributed by atoms with van der Waals surface area (Å²) in [6, 6.07) is 8.21. The van der Waals surface area contributed by atoms with Crippen LogP contribution < -0.4 is 24.3 Å². The number of alkyl halides is 3. The van der Waals surface area contributed by atoms with Crippen molar-refractivity contribution in [3.63, 3.8) is 0 Å². The van der Waals surface area contributed by atoms with Gasteiger partial charge < -0.3 is 24.3 Å². The highest BCUT2D eigenvalue weighted by atomic mass is 19.4. The van der Waals surface area contributed by atoms with Crippen molar-refractivity contribution in [1.29, 1.82) is 0 Å². The zero-order valence-corrected chi connectivity index (χ0v) is 20.7. The molecule has 1 aromatic carbocycles. The third kappa shape index (κ3) is 6.22. The number of ether oxygens (including phenoxy) is 4. The van der Waals surface area contributed by atoms with Gasteiger partial charge in [-0.05, 0) is 30.7 Å². The van der Waals surface area contributed by atoms with Crippen LogP contribution in [0.25, 0.3) is 10.9 Å². The lowest BCUT2D eigenvalue weighted by Gasteiger charge is -2.12. The lowest BCUT2D eigenvalue weighted by Crippen LogP contribution is -2.21. The Morgan fingerprint density at radius 3 is 2.45 bits per heavy atom. The summed E-state index contributed by atoms with van der Waals surface area (Å²) < 4.78 is 60.7. The summed E-state index contributed by atoms with van der Waals surface area (Å²) in [6.07, 6.45) is 0.339. The Labute approximate surface area is 215 Å². The summed E-state index contributed by atoms with van der Waals surface area (Å²) in [5, 5.41) is 7.25. The Hall–Kier alpha value is -4.55. The molecule has 0 atom stereocenters. The molecule has 0 radical (unpaired) electrons. The van der Waals surface area contributed by atoms with Crippen molar-refractivity contribution in [1.82, 2.24) is 19.7 Å². The molecule has 0 unspecified atom stereocenters. The largest absolute Gasteiger partial charge is 0.493 e. The summed E-state index contributed by atoms with van der Waals surface area (Å²) in [5.74, 6) is 0.991. The van der Waals surface area contributed by atoms with Gasteiger partial charge in [-0.3, -0.25) is 14.5 Å². The van der Waals surface area contributed by atoms with Crippen LogP contribution in [-0.2, 0) is 6.54 Å². The quantitative estimate of drug-likeness (QED) is 0.296. The standard InChI is InChI=1S/C25H24F3N5O5/c1-4-9-33-13-21(37-14-25(26,27)28)23(32-33)24(34)31-22-6-5-15(12-30-22)38-18-7-8-29-17-11-20(36-3)19(35-2)10-16(17)18/h5-8,10-13H,4,9,14H2,1-3H3,(H,30,31,34). The van der Waals surface area contributed by atoms with E-state index in [4.69, 9.17) is 18.9 Å². The number of aromatic nitrogens is 4. The molecule has 0 fully saturated rings. The predicted molar refractivity (Wildman–Crippen MR) is 131 cm³/mol. The number of nitrogens with zero attached hydrogens (tertiary/aromatic N) is 4. The molecule has 1 N–H and O–H groups in total. The number of nitrogens with one attached hydrogen (secondary N) is 1. The Morgan fingerprint density at radius 2 is 1.79 bits per heavy atom. The Morgan fingerprint density at radius 1 is 1.03 bits per heavy atom. The lowest BCUT2D eigenvalue weighted by molar-refractivity contribution is -0.153. The van der Waals surface area contributed by atoms with Gasteiger partial charge in [0.05, 0.1) is 32.1 Å². The number of carbonyl (C=O) groups is 1. The van der Waals surface area contributed by atoms with Crippen molar-refractivity contribution in [2.75, 3.05) is 26.1 Å². The first-order valence-electron chi connectivity index (χ1n) is 11.4. The SMILES string of the molecule is CCCn1cc(OCC(F)(F)F)c(C(=O)Nc2ccc(Oc3ccnc4cc(OC)c(OC)cc34)cn2)n1. The number of rotatable bonds is 10. The number of pyridine rings is 2. The number of benzene rings is 1. The van der Waals surface area contributed by atoms with Gasteiger partial charge in [0.15, 0.2) is 29.5 Å². The van der Waals surface area contributed by atoms with Gasteiger partial charge >= 0.3 is 6.18 Å². The van der Waals surface area contributed by atoms with Crippen LogP contribution in [0.5, 0.6) is 28.7 Å². The Bertz CT molecular complexity index is 1420. The van der Waals surface area contributed by atoms with Crippen LogP contribution in [0.4, 0.5) is 19.0 Å².